The molecule has 0 atom stereocenters. The SMILES string of the molecule is O=c1c(Br)c2cccc3c4cccc5cccc(c(c1=O)c23)c54. The maximum Gasteiger partial charge on any atom is 0.241 e. The second kappa shape index (κ2) is 4.27. The second-order valence-corrected chi connectivity index (χ2v) is 6.58. The number of fused-ring (bicyclic) bond motifs is 2. The number of benzene rings is 5. The highest BCUT2D eigenvalue weighted by molar-refractivity contribution is 9.10. The van der Waals surface area contributed by atoms with Crippen LogP contribution in [0.3, 0.4) is 0 Å². The van der Waals surface area contributed by atoms with Gasteiger partial charge in [-0.05, 0) is 42.9 Å². The monoisotopic (exact) mass is 360 g/mol. The first-order valence-corrected chi connectivity index (χ1v) is 8.12. The van der Waals surface area contributed by atoms with Crippen LogP contribution in [0.5, 0.6) is 0 Å². The molecule has 3 heteroatoms. The van der Waals surface area contributed by atoms with E-state index in [-0.39, 0.29) is 0 Å². The van der Waals surface area contributed by atoms with Crippen LogP contribution < -0.4 is 10.9 Å². The molecule has 0 aromatic heterocycles. The third-order valence-electron chi connectivity index (χ3n) is 4.65. The zero-order valence-corrected chi connectivity index (χ0v) is 13.5. The van der Waals surface area contributed by atoms with Crippen molar-refractivity contribution in [3.63, 3.8) is 0 Å². The minimum atomic E-state index is -0.471. The summed E-state index contributed by atoms with van der Waals surface area (Å²) in [5.41, 5.74) is -0.903. The zero-order valence-electron chi connectivity index (χ0n) is 11.9. The first kappa shape index (κ1) is 13.0. The van der Waals surface area contributed by atoms with Crippen molar-refractivity contribution in [2.75, 3.05) is 0 Å². The third-order valence-corrected chi connectivity index (χ3v) is 5.44. The highest BCUT2D eigenvalue weighted by Crippen LogP contribution is 2.39. The molecule has 2 nitrogen and oxygen atoms in total. The summed E-state index contributed by atoms with van der Waals surface area (Å²) in [6, 6.07) is 17.9. The van der Waals surface area contributed by atoms with E-state index in [1.807, 2.05) is 48.5 Å². The van der Waals surface area contributed by atoms with Crippen molar-refractivity contribution < 1.29 is 0 Å². The van der Waals surface area contributed by atoms with Crippen molar-refractivity contribution in [3.05, 3.63) is 79.5 Å². The van der Waals surface area contributed by atoms with E-state index >= 15 is 0 Å². The van der Waals surface area contributed by atoms with E-state index in [0.29, 0.717) is 9.86 Å². The summed E-state index contributed by atoms with van der Waals surface area (Å²) < 4.78 is 0.356. The van der Waals surface area contributed by atoms with E-state index in [2.05, 4.69) is 22.0 Å². The smallest absolute Gasteiger partial charge is 0.241 e. The molecule has 0 aliphatic carbocycles. The first-order chi connectivity index (χ1) is 11.2. The molecular weight excluding hydrogens is 352 g/mol. The molecule has 0 saturated heterocycles. The molecule has 0 N–H and O–H groups in total. The summed E-state index contributed by atoms with van der Waals surface area (Å²) in [7, 11) is 0. The molecule has 0 heterocycles. The number of hydrogen-bond acceptors (Lipinski definition) is 2. The Morgan fingerprint density at radius 2 is 1.13 bits per heavy atom. The van der Waals surface area contributed by atoms with Crippen LogP contribution in [-0.2, 0) is 0 Å². The minimum Gasteiger partial charge on any atom is -0.285 e. The second-order valence-electron chi connectivity index (χ2n) is 5.78. The Labute approximate surface area is 138 Å². The maximum atomic E-state index is 12.7. The minimum absolute atomic E-state index is 0.356. The van der Waals surface area contributed by atoms with E-state index in [4.69, 9.17) is 0 Å². The van der Waals surface area contributed by atoms with Crippen LogP contribution in [0.15, 0.2) is 68.7 Å². The van der Waals surface area contributed by atoms with Crippen LogP contribution in [0.25, 0.3) is 43.1 Å². The van der Waals surface area contributed by atoms with Gasteiger partial charge in [-0.25, -0.2) is 0 Å². The summed E-state index contributed by atoms with van der Waals surface area (Å²) >= 11 is 3.32. The van der Waals surface area contributed by atoms with Gasteiger partial charge in [0.2, 0.25) is 10.9 Å². The highest BCUT2D eigenvalue weighted by Gasteiger charge is 2.18. The lowest BCUT2D eigenvalue weighted by Gasteiger charge is -2.13. The average molecular weight is 361 g/mol. The molecular formula is C20H9BrO2. The van der Waals surface area contributed by atoms with Crippen LogP contribution >= 0.6 is 15.9 Å². The molecule has 0 amide bonds. The van der Waals surface area contributed by atoms with Gasteiger partial charge < -0.3 is 0 Å². The summed E-state index contributed by atoms with van der Waals surface area (Å²) in [5, 5.41) is 7.32. The van der Waals surface area contributed by atoms with Crippen molar-refractivity contribution in [1.29, 1.82) is 0 Å². The summed E-state index contributed by atoms with van der Waals surface area (Å²) in [6.45, 7) is 0. The first-order valence-electron chi connectivity index (χ1n) is 7.33. The van der Waals surface area contributed by atoms with Crippen molar-refractivity contribution in [2.24, 2.45) is 0 Å². The number of halogens is 1. The molecule has 0 saturated carbocycles. The normalized spacial score (nSPS) is 12.0. The fourth-order valence-electron chi connectivity index (χ4n) is 3.71. The van der Waals surface area contributed by atoms with Crippen LogP contribution in [0.2, 0.25) is 0 Å². The Bertz CT molecular complexity index is 1350. The van der Waals surface area contributed by atoms with Crippen molar-refractivity contribution in [3.8, 4) is 0 Å². The number of rotatable bonds is 0. The van der Waals surface area contributed by atoms with Gasteiger partial charge in [-0.2, -0.15) is 0 Å². The van der Waals surface area contributed by atoms with E-state index in [1.54, 1.807) is 0 Å². The largest absolute Gasteiger partial charge is 0.285 e. The quantitative estimate of drug-likeness (QED) is 0.228. The standard InChI is InChI=1S/C20H9BrO2/c21-18-14-9-3-7-12-11-6-1-4-10-5-2-8-13(15(10)11)17(16(12)14)19(22)20(18)23/h1-9H. The van der Waals surface area contributed by atoms with E-state index in [0.717, 1.165) is 37.7 Å². The molecule has 5 aromatic carbocycles. The molecule has 5 aromatic rings. The Balaban J connectivity index is 2.37. The molecule has 108 valence electrons. The fraction of sp³-hybridized carbons (Fsp3) is 0. The molecule has 0 unspecified atom stereocenters. The topological polar surface area (TPSA) is 34.1 Å². The van der Waals surface area contributed by atoms with Gasteiger partial charge in [-0.1, -0.05) is 54.6 Å². The van der Waals surface area contributed by atoms with Gasteiger partial charge in [-0.15, -0.1) is 0 Å². The molecule has 0 spiro atoms. The van der Waals surface area contributed by atoms with Gasteiger partial charge in [0.05, 0.1) is 4.47 Å². The lowest BCUT2D eigenvalue weighted by molar-refractivity contribution is 1.53. The Kier molecular flexibility index (Phi) is 2.41. The average Bonchev–Trinajstić information content (AvgIpc) is 2.59. The third kappa shape index (κ3) is 1.48. The zero-order chi connectivity index (χ0) is 15.7. The molecule has 5 rings (SSSR count). The summed E-state index contributed by atoms with van der Waals surface area (Å²) in [4.78, 5) is 25.1. The van der Waals surface area contributed by atoms with Gasteiger partial charge in [0, 0.05) is 16.2 Å². The number of hydrogen-bond donors (Lipinski definition) is 0. The van der Waals surface area contributed by atoms with Crippen molar-refractivity contribution >= 4 is 59.0 Å². The Morgan fingerprint density at radius 1 is 0.565 bits per heavy atom. The van der Waals surface area contributed by atoms with Crippen LogP contribution in [0.4, 0.5) is 0 Å². The van der Waals surface area contributed by atoms with Gasteiger partial charge in [0.1, 0.15) is 0 Å². The van der Waals surface area contributed by atoms with Gasteiger partial charge in [0.25, 0.3) is 0 Å². The Morgan fingerprint density at radius 3 is 1.87 bits per heavy atom. The highest BCUT2D eigenvalue weighted by atomic mass is 79.9. The summed E-state index contributed by atoms with van der Waals surface area (Å²) in [5.74, 6) is 0. The van der Waals surface area contributed by atoms with E-state index in [9.17, 15) is 9.59 Å². The Hall–Kier alpha value is -2.52. The van der Waals surface area contributed by atoms with Crippen molar-refractivity contribution in [1.82, 2.24) is 0 Å². The summed E-state index contributed by atoms with van der Waals surface area (Å²) in [6.07, 6.45) is 0. The maximum absolute atomic E-state index is 12.7. The molecule has 0 bridgehead atoms. The molecule has 0 aliphatic heterocycles. The molecule has 0 fully saturated rings. The predicted octanol–water partition coefficient (Wildman–Crippen LogP) is 4.66. The fourth-order valence-corrected chi connectivity index (χ4v) is 4.22. The van der Waals surface area contributed by atoms with Gasteiger partial charge in [0.15, 0.2) is 0 Å². The van der Waals surface area contributed by atoms with Gasteiger partial charge in [-0.3, -0.25) is 9.59 Å². The lowest BCUT2D eigenvalue weighted by Crippen LogP contribution is -2.25. The van der Waals surface area contributed by atoms with Gasteiger partial charge >= 0.3 is 0 Å². The van der Waals surface area contributed by atoms with Crippen LogP contribution in [0, 0.1) is 0 Å². The predicted molar refractivity (Wildman–Crippen MR) is 99.1 cm³/mol. The lowest BCUT2D eigenvalue weighted by atomic mass is 9.90. The van der Waals surface area contributed by atoms with Crippen LogP contribution in [0.1, 0.15) is 0 Å². The molecule has 0 radical (unpaired) electrons. The molecule has 0 aliphatic rings. The molecule has 23 heavy (non-hydrogen) atoms. The van der Waals surface area contributed by atoms with Crippen LogP contribution in [-0.4, -0.2) is 0 Å². The van der Waals surface area contributed by atoms with E-state index in [1.165, 1.54) is 0 Å². The van der Waals surface area contributed by atoms with E-state index < -0.39 is 10.9 Å². The van der Waals surface area contributed by atoms with Crippen molar-refractivity contribution in [2.45, 2.75) is 0 Å².